The van der Waals surface area contributed by atoms with E-state index >= 15 is 0 Å². The molecule has 2 aromatic carbocycles. The normalized spacial score (nSPS) is 15.5. The number of pyridine rings is 1. The Balaban J connectivity index is 1.83. The van der Waals surface area contributed by atoms with Gasteiger partial charge in [0.2, 0.25) is 5.88 Å². The van der Waals surface area contributed by atoms with Crippen LogP contribution in [0.5, 0.6) is 11.6 Å². The van der Waals surface area contributed by atoms with Crippen LogP contribution in [0.25, 0.3) is 11.1 Å². The van der Waals surface area contributed by atoms with Crippen molar-refractivity contribution in [1.29, 1.82) is 0 Å². The van der Waals surface area contributed by atoms with Gasteiger partial charge in [-0.15, -0.1) is 0 Å². The number of nitrogens with two attached hydrogens (primary N) is 2. The summed E-state index contributed by atoms with van der Waals surface area (Å²) in [6.45, 7) is 1.85. The number of hydrogen-bond donors (Lipinski definition) is 2. The number of aliphatic imine (C=N–C) groups is 1. The number of aryl methyl sites for hydroxylation is 1. The smallest absolute Gasteiger partial charge is 0.219 e. The number of ether oxygens (including phenoxy) is 1. The molecule has 0 spiro atoms. The van der Waals surface area contributed by atoms with Crippen molar-refractivity contribution >= 4 is 11.9 Å². The van der Waals surface area contributed by atoms with Crippen LogP contribution in [0.2, 0.25) is 0 Å². The van der Waals surface area contributed by atoms with E-state index in [1.54, 1.807) is 36.6 Å². The van der Waals surface area contributed by atoms with Gasteiger partial charge in [0.25, 0.3) is 0 Å². The lowest BCUT2D eigenvalue weighted by molar-refractivity contribution is 0.426. The van der Waals surface area contributed by atoms with Gasteiger partial charge in [0, 0.05) is 29.4 Å². The van der Waals surface area contributed by atoms with Gasteiger partial charge in [-0.25, -0.2) is 9.37 Å². The zero-order chi connectivity index (χ0) is 19.7. The molecule has 0 radical (unpaired) electrons. The fourth-order valence-corrected chi connectivity index (χ4v) is 3.13. The van der Waals surface area contributed by atoms with Gasteiger partial charge < -0.3 is 16.2 Å². The predicted octanol–water partition coefficient (Wildman–Crippen LogP) is 4.54. The minimum atomic E-state index is -0.507. The molecule has 0 amide bonds. The van der Waals surface area contributed by atoms with Crippen molar-refractivity contribution in [2.75, 3.05) is 5.73 Å². The highest BCUT2D eigenvalue weighted by atomic mass is 19.1. The maximum Gasteiger partial charge on any atom is 0.219 e. The molecule has 140 valence electrons. The molecule has 3 aromatic rings. The number of aromatic nitrogens is 1. The molecule has 4 N–H and O–H groups in total. The number of benzene rings is 2. The number of hydrogen-bond acceptors (Lipinski definition) is 5. The van der Waals surface area contributed by atoms with Crippen LogP contribution in [0.4, 0.5) is 10.1 Å². The summed E-state index contributed by atoms with van der Waals surface area (Å²) in [5.41, 5.74) is 16.2. The third-order valence-corrected chi connectivity index (χ3v) is 4.52. The fourth-order valence-electron chi connectivity index (χ4n) is 3.13. The number of allylic oxidation sites excluding steroid dienone is 1. The second-order valence-electron chi connectivity index (χ2n) is 6.58. The van der Waals surface area contributed by atoms with Crippen molar-refractivity contribution in [3.05, 3.63) is 83.4 Å². The van der Waals surface area contributed by atoms with E-state index < -0.39 is 11.9 Å². The third-order valence-electron chi connectivity index (χ3n) is 4.52. The molecule has 5 nitrogen and oxygen atoms in total. The molecule has 1 aliphatic rings. The Labute approximate surface area is 162 Å². The van der Waals surface area contributed by atoms with Crippen LogP contribution in [0.1, 0.15) is 17.3 Å². The molecule has 4 rings (SSSR count). The summed E-state index contributed by atoms with van der Waals surface area (Å²) in [7, 11) is 0. The number of nitrogens with zero attached hydrogens (tertiary/aromatic N) is 2. The molecule has 0 aliphatic carbocycles. The molecule has 0 saturated heterocycles. The van der Waals surface area contributed by atoms with Gasteiger partial charge in [-0.2, -0.15) is 0 Å². The van der Waals surface area contributed by atoms with E-state index in [2.05, 4.69) is 9.98 Å². The van der Waals surface area contributed by atoms with Crippen LogP contribution in [0.15, 0.2) is 71.4 Å². The standard InChI is InChI=1S/C22H19FN4O/c1-13-3-2-4-21(27-13)28-20-12-16(14-5-7-15(24)8-6-14)17(11-18(20)23)22-19(25)9-10-26-22/h2-12,22H,24-25H2,1H3. The average molecular weight is 374 g/mol. The zero-order valence-electron chi connectivity index (χ0n) is 15.3. The molecule has 28 heavy (non-hydrogen) atoms. The third kappa shape index (κ3) is 3.44. The van der Waals surface area contributed by atoms with E-state index in [0.717, 1.165) is 16.8 Å². The maximum absolute atomic E-state index is 14.9. The topological polar surface area (TPSA) is 86.5 Å². The summed E-state index contributed by atoms with van der Waals surface area (Å²) >= 11 is 0. The molecule has 6 heteroatoms. The Kier molecular flexibility index (Phi) is 4.53. The van der Waals surface area contributed by atoms with Gasteiger partial charge in [0.05, 0.1) is 0 Å². The van der Waals surface area contributed by atoms with Crippen LogP contribution in [-0.4, -0.2) is 11.2 Å². The number of anilines is 1. The average Bonchev–Trinajstić information content (AvgIpc) is 3.10. The van der Waals surface area contributed by atoms with Crippen molar-refractivity contribution in [1.82, 2.24) is 4.98 Å². The Morgan fingerprint density at radius 1 is 1.04 bits per heavy atom. The molecule has 1 aromatic heterocycles. The first kappa shape index (κ1) is 17.7. The van der Waals surface area contributed by atoms with Crippen LogP contribution >= 0.6 is 0 Å². The molecule has 1 atom stereocenters. The van der Waals surface area contributed by atoms with Gasteiger partial charge in [0.1, 0.15) is 6.04 Å². The quantitative estimate of drug-likeness (QED) is 0.657. The zero-order valence-corrected chi connectivity index (χ0v) is 15.3. The van der Waals surface area contributed by atoms with Crippen LogP contribution in [0.3, 0.4) is 0 Å². The Hall–Kier alpha value is -3.67. The number of rotatable bonds is 4. The molecule has 2 heterocycles. The van der Waals surface area contributed by atoms with Gasteiger partial charge in [-0.05, 0) is 60.0 Å². The first-order valence-electron chi connectivity index (χ1n) is 8.81. The van der Waals surface area contributed by atoms with Crippen molar-refractivity contribution < 1.29 is 9.13 Å². The highest BCUT2D eigenvalue weighted by Crippen LogP contribution is 2.39. The Morgan fingerprint density at radius 2 is 1.82 bits per heavy atom. The Bertz CT molecular complexity index is 1090. The van der Waals surface area contributed by atoms with E-state index in [0.29, 0.717) is 22.8 Å². The monoisotopic (exact) mass is 374 g/mol. The molecule has 0 fully saturated rings. The first-order valence-corrected chi connectivity index (χ1v) is 8.81. The summed E-state index contributed by atoms with van der Waals surface area (Å²) < 4.78 is 20.6. The van der Waals surface area contributed by atoms with E-state index in [-0.39, 0.29) is 5.75 Å². The minimum Gasteiger partial charge on any atom is -0.436 e. The summed E-state index contributed by atoms with van der Waals surface area (Å²) in [5, 5.41) is 0. The summed E-state index contributed by atoms with van der Waals surface area (Å²) in [6.07, 6.45) is 3.35. The van der Waals surface area contributed by atoms with E-state index in [4.69, 9.17) is 16.2 Å². The lowest BCUT2D eigenvalue weighted by Gasteiger charge is -2.18. The van der Waals surface area contributed by atoms with Crippen molar-refractivity contribution in [2.24, 2.45) is 10.7 Å². The van der Waals surface area contributed by atoms with Crippen LogP contribution in [-0.2, 0) is 0 Å². The lowest BCUT2D eigenvalue weighted by atomic mass is 9.93. The fraction of sp³-hybridized carbons (Fsp3) is 0.0909. The minimum absolute atomic E-state index is 0.0817. The molecule has 0 saturated carbocycles. The largest absolute Gasteiger partial charge is 0.436 e. The number of halogens is 1. The first-order chi connectivity index (χ1) is 13.5. The van der Waals surface area contributed by atoms with E-state index in [9.17, 15) is 4.39 Å². The van der Waals surface area contributed by atoms with E-state index in [1.807, 2.05) is 31.2 Å². The second kappa shape index (κ2) is 7.15. The van der Waals surface area contributed by atoms with Gasteiger partial charge in [-0.3, -0.25) is 4.99 Å². The number of nitrogen functional groups attached to an aromatic ring is 1. The molecular formula is C22H19FN4O. The highest BCUT2D eigenvalue weighted by Gasteiger charge is 2.23. The van der Waals surface area contributed by atoms with Crippen molar-refractivity contribution in [3.8, 4) is 22.8 Å². The summed E-state index contributed by atoms with van der Waals surface area (Å²) in [5.74, 6) is -0.0983. The van der Waals surface area contributed by atoms with Gasteiger partial charge >= 0.3 is 0 Å². The lowest BCUT2D eigenvalue weighted by Crippen LogP contribution is -2.07. The predicted molar refractivity (Wildman–Crippen MR) is 109 cm³/mol. The summed E-state index contributed by atoms with van der Waals surface area (Å²) in [4.78, 5) is 8.65. The SMILES string of the molecule is Cc1cccc(Oc2cc(-c3ccc(N)cc3)c(C3N=CC=C3N)cc2F)n1. The second-order valence-corrected chi connectivity index (χ2v) is 6.58. The Morgan fingerprint density at radius 3 is 2.50 bits per heavy atom. The van der Waals surface area contributed by atoms with Crippen LogP contribution in [0, 0.1) is 12.7 Å². The molecule has 0 bridgehead atoms. The van der Waals surface area contributed by atoms with Crippen molar-refractivity contribution in [3.63, 3.8) is 0 Å². The molecule has 1 aliphatic heterocycles. The van der Waals surface area contributed by atoms with E-state index in [1.165, 1.54) is 6.07 Å². The molecular weight excluding hydrogens is 355 g/mol. The molecule has 1 unspecified atom stereocenters. The summed E-state index contributed by atoms with van der Waals surface area (Å²) in [6, 6.07) is 15.3. The van der Waals surface area contributed by atoms with Crippen molar-refractivity contribution in [2.45, 2.75) is 13.0 Å². The van der Waals surface area contributed by atoms with Gasteiger partial charge in [-0.1, -0.05) is 18.2 Å². The van der Waals surface area contributed by atoms with Crippen LogP contribution < -0.4 is 16.2 Å². The van der Waals surface area contributed by atoms with Gasteiger partial charge in [0.15, 0.2) is 11.6 Å². The maximum atomic E-state index is 14.9. The highest BCUT2D eigenvalue weighted by molar-refractivity contribution is 5.79.